The highest BCUT2D eigenvalue weighted by atomic mass is 16.5. The van der Waals surface area contributed by atoms with Gasteiger partial charge in [0, 0.05) is 24.7 Å². The molecule has 0 aliphatic rings. The van der Waals surface area contributed by atoms with Crippen LogP contribution in [0.1, 0.15) is 26.7 Å². The van der Waals surface area contributed by atoms with E-state index in [0.717, 1.165) is 42.6 Å². The molecular weight excluding hydrogens is 290 g/mol. The van der Waals surface area contributed by atoms with Gasteiger partial charge in [-0.05, 0) is 37.1 Å². The monoisotopic (exact) mass is 315 g/mol. The second kappa shape index (κ2) is 8.98. The standard InChI is InChI=1S/C18H25N3O2/c1-3-11-21(12-4-2)18(22)20-10-13-23-16-7-8-17-15(14-16)6-5-9-19-17/h5-9,14H,3-4,10-13H2,1-2H3,(H,20,22). The van der Waals surface area contributed by atoms with Crippen LogP contribution in [-0.4, -0.2) is 42.2 Å². The highest BCUT2D eigenvalue weighted by Gasteiger charge is 2.10. The van der Waals surface area contributed by atoms with Gasteiger partial charge >= 0.3 is 6.03 Å². The summed E-state index contributed by atoms with van der Waals surface area (Å²) in [6.45, 7) is 6.68. The van der Waals surface area contributed by atoms with E-state index >= 15 is 0 Å². The quantitative estimate of drug-likeness (QED) is 0.759. The Morgan fingerprint density at radius 2 is 2.00 bits per heavy atom. The van der Waals surface area contributed by atoms with Gasteiger partial charge in [0.15, 0.2) is 0 Å². The molecule has 0 radical (unpaired) electrons. The number of hydrogen-bond donors (Lipinski definition) is 1. The van der Waals surface area contributed by atoms with Crippen LogP contribution in [0, 0.1) is 0 Å². The van der Waals surface area contributed by atoms with Crippen LogP contribution in [0.5, 0.6) is 5.75 Å². The molecule has 23 heavy (non-hydrogen) atoms. The summed E-state index contributed by atoms with van der Waals surface area (Å²) >= 11 is 0. The Labute approximate surface area is 137 Å². The van der Waals surface area contributed by atoms with Crippen molar-refractivity contribution in [1.82, 2.24) is 15.2 Å². The molecule has 1 heterocycles. The highest BCUT2D eigenvalue weighted by Crippen LogP contribution is 2.18. The zero-order valence-corrected chi connectivity index (χ0v) is 13.9. The summed E-state index contributed by atoms with van der Waals surface area (Å²) < 4.78 is 5.70. The molecule has 0 spiro atoms. The molecule has 0 unspecified atom stereocenters. The number of carbonyl (C=O) groups excluding carboxylic acids is 1. The predicted octanol–water partition coefficient (Wildman–Crippen LogP) is 3.45. The summed E-state index contributed by atoms with van der Waals surface area (Å²) in [5.41, 5.74) is 0.947. The van der Waals surface area contributed by atoms with Crippen LogP contribution in [0.2, 0.25) is 0 Å². The number of fused-ring (bicyclic) bond motifs is 1. The van der Waals surface area contributed by atoms with Gasteiger partial charge in [-0.2, -0.15) is 0 Å². The minimum absolute atomic E-state index is 0.0139. The van der Waals surface area contributed by atoms with Gasteiger partial charge in [0.1, 0.15) is 12.4 Å². The third-order valence-electron chi connectivity index (χ3n) is 3.50. The van der Waals surface area contributed by atoms with E-state index in [4.69, 9.17) is 4.74 Å². The molecule has 124 valence electrons. The second-order valence-electron chi connectivity index (χ2n) is 5.43. The zero-order chi connectivity index (χ0) is 16.5. The van der Waals surface area contributed by atoms with Crippen molar-refractivity contribution in [3.63, 3.8) is 0 Å². The average Bonchev–Trinajstić information content (AvgIpc) is 2.58. The third kappa shape index (κ3) is 5.13. The van der Waals surface area contributed by atoms with Gasteiger partial charge in [-0.25, -0.2) is 4.79 Å². The molecule has 5 nitrogen and oxygen atoms in total. The lowest BCUT2D eigenvalue weighted by Gasteiger charge is -2.21. The Bertz CT molecular complexity index is 624. The zero-order valence-electron chi connectivity index (χ0n) is 13.9. The Morgan fingerprint density at radius 1 is 1.22 bits per heavy atom. The van der Waals surface area contributed by atoms with E-state index in [9.17, 15) is 4.79 Å². The minimum atomic E-state index is -0.0139. The lowest BCUT2D eigenvalue weighted by Crippen LogP contribution is -2.42. The number of nitrogens with zero attached hydrogens (tertiary/aromatic N) is 2. The van der Waals surface area contributed by atoms with Crippen molar-refractivity contribution in [2.24, 2.45) is 0 Å². The largest absolute Gasteiger partial charge is 0.492 e. The van der Waals surface area contributed by atoms with Crippen LogP contribution in [0.4, 0.5) is 4.79 Å². The average molecular weight is 315 g/mol. The van der Waals surface area contributed by atoms with E-state index in [0.29, 0.717) is 13.2 Å². The number of nitrogens with one attached hydrogen (secondary N) is 1. The number of amides is 2. The number of ether oxygens (including phenoxy) is 1. The van der Waals surface area contributed by atoms with E-state index in [1.54, 1.807) is 6.20 Å². The maximum absolute atomic E-state index is 12.1. The van der Waals surface area contributed by atoms with Gasteiger partial charge < -0.3 is 15.0 Å². The van der Waals surface area contributed by atoms with Crippen LogP contribution in [0.3, 0.4) is 0 Å². The minimum Gasteiger partial charge on any atom is -0.492 e. The third-order valence-corrected chi connectivity index (χ3v) is 3.50. The molecule has 0 atom stereocenters. The van der Waals surface area contributed by atoms with Crippen molar-refractivity contribution >= 4 is 16.9 Å². The maximum atomic E-state index is 12.1. The van der Waals surface area contributed by atoms with E-state index in [1.807, 2.05) is 35.2 Å². The molecule has 0 fully saturated rings. The number of benzene rings is 1. The first-order valence-electron chi connectivity index (χ1n) is 8.25. The highest BCUT2D eigenvalue weighted by molar-refractivity contribution is 5.79. The molecule has 0 saturated carbocycles. The summed E-state index contributed by atoms with van der Waals surface area (Å²) in [6.07, 6.45) is 3.71. The van der Waals surface area contributed by atoms with Gasteiger partial charge in [-0.1, -0.05) is 19.9 Å². The Hall–Kier alpha value is -2.30. The van der Waals surface area contributed by atoms with E-state index in [1.165, 1.54) is 0 Å². The van der Waals surface area contributed by atoms with Crippen molar-refractivity contribution in [1.29, 1.82) is 0 Å². The number of urea groups is 1. The Balaban J connectivity index is 1.78. The number of pyridine rings is 1. The molecule has 0 bridgehead atoms. The molecule has 2 rings (SSSR count). The summed E-state index contributed by atoms with van der Waals surface area (Å²) in [5.74, 6) is 0.790. The van der Waals surface area contributed by atoms with Crippen molar-refractivity contribution in [3.05, 3.63) is 36.5 Å². The molecule has 0 aliphatic carbocycles. The molecule has 0 saturated heterocycles. The van der Waals surface area contributed by atoms with Crippen LogP contribution < -0.4 is 10.1 Å². The van der Waals surface area contributed by atoms with Crippen molar-refractivity contribution in [2.75, 3.05) is 26.2 Å². The van der Waals surface area contributed by atoms with E-state index in [-0.39, 0.29) is 6.03 Å². The van der Waals surface area contributed by atoms with Crippen LogP contribution in [-0.2, 0) is 0 Å². The molecule has 2 aromatic rings. The number of carbonyl (C=O) groups is 1. The van der Waals surface area contributed by atoms with Crippen molar-refractivity contribution in [2.45, 2.75) is 26.7 Å². The first-order chi connectivity index (χ1) is 11.2. The fourth-order valence-corrected chi connectivity index (χ4v) is 2.44. The lowest BCUT2D eigenvalue weighted by atomic mass is 10.2. The molecule has 1 aromatic heterocycles. The first-order valence-corrected chi connectivity index (χ1v) is 8.25. The van der Waals surface area contributed by atoms with Gasteiger partial charge in [0.05, 0.1) is 12.1 Å². The number of hydrogen-bond acceptors (Lipinski definition) is 3. The molecule has 2 amide bonds. The van der Waals surface area contributed by atoms with Crippen molar-refractivity contribution in [3.8, 4) is 5.75 Å². The van der Waals surface area contributed by atoms with E-state index < -0.39 is 0 Å². The fraction of sp³-hybridized carbons (Fsp3) is 0.444. The molecule has 0 aliphatic heterocycles. The van der Waals surface area contributed by atoms with Gasteiger partial charge in [0.2, 0.25) is 0 Å². The normalized spacial score (nSPS) is 10.5. The number of aromatic nitrogens is 1. The van der Waals surface area contributed by atoms with Crippen LogP contribution >= 0.6 is 0 Å². The molecule has 5 heteroatoms. The summed E-state index contributed by atoms with van der Waals surface area (Å²) in [7, 11) is 0. The smallest absolute Gasteiger partial charge is 0.317 e. The topological polar surface area (TPSA) is 54.5 Å². The summed E-state index contributed by atoms with van der Waals surface area (Å²) in [6, 6.07) is 9.70. The van der Waals surface area contributed by atoms with Gasteiger partial charge in [-0.15, -0.1) is 0 Å². The Kier molecular flexibility index (Phi) is 6.66. The summed E-state index contributed by atoms with van der Waals surface area (Å²) in [5, 5.41) is 3.96. The molecule has 1 N–H and O–H groups in total. The van der Waals surface area contributed by atoms with Crippen LogP contribution in [0.15, 0.2) is 36.5 Å². The molecule has 1 aromatic carbocycles. The van der Waals surface area contributed by atoms with E-state index in [2.05, 4.69) is 24.1 Å². The van der Waals surface area contributed by atoms with Gasteiger partial charge in [-0.3, -0.25) is 4.98 Å². The van der Waals surface area contributed by atoms with Gasteiger partial charge in [0.25, 0.3) is 0 Å². The van der Waals surface area contributed by atoms with Crippen LogP contribution in [0.25, 0.3) is 10.9 Å². The van der Waals surface area contributed by atoms with Crippen molar-refractivity contribution < 1.29 is 9.53 Å². The second-order valence-corrected chi connectivity index (χ2v) is 5.43. The lowest BCUT2D eigenvalue weighted by molar-refractivity contribution is 0.194. The fourth-order valence-electron chi connectivity index (χ4n) is 2.44. The predicted molar refractivity (Wildman–Crippen MR) is 92.8 cm³/mol. The summed E-state index contributed by atoms with van der Waals surface area (Å²) in [4.78, 5) is 18.2. The number of rotatable bonds is 8. The SMILES string of the molecule is CCCN(CCC)C(=O)NCCOc1ccc2ncccc2c1. The molecular formula is C18H25N3O2. The first kappa shape index (κ1) is 17.1. The Morgan fingerprint density at radius 3 is 2.74 bits per heavy atom. The maximum Gasteiger partial charge on any atom is 0.317 e.